The van der Waals surface area contributed by atoms with Crippen molar-refractivity contribution in [3.05, 3.63) is 35.8 Å². The number of nitrogens with zero attached hydrogens (tertiary/aromatic N) is 1. The van der Waals surface area contributed by atoms with Crippen LogP contribution in [0, 0.1) is 5.82 Å². The van der Waals surface area contributed by atoms with Crippen molar-refractivity contribution in [2.45, 2.75) is 19.4 Å². The summed E-state index contributed by atoms with van der Waals surface area (Å²) in [7, 11) is 0. The van der Waals surface area contributed by atoms with E-state index in [-0.39, 0.29) is 5.82 Å². The van der Waals surface area contributed by atoms with E-state index in [1.807, 2.05) is 6.20 Å². The molecule has 4 nitrogen and oxygen atoms in total. The lowest BCUT2D eigenvalue weighted by Gasteiger charge is -2.08. The molecule has 5 heteroatoms. The maximum absolute atomic E-state index is 13.2. The largest absolute Gasteiger partial charge is 0.361 e. The SMILES string of the molecule is CC1CN=C(NCCc2c[nH]c3ccc(F)cc23)N1. The number of hydrogen-bond acceptors (Lipinski definition) is 3. The van der Waals surface area contributed by atoms with Crippen LogP contribution < -0.4 is 10.6 Å². The highest BCUT2D eigenvalue weighted by atomic mass is 19.1. The first kappa shape index (κ1) is 12.0. The summed E-state index contributed by atoms with van der Waals surface area (Å²) >= 11 is 0. The van der Waals surface area contributed by atoms with E-state index >= 15 is 0 Å². The Hall–Kier alpha value is -2.04. The van der Waals surface area contributed by atoms with Crippen LogP contribution in [0.3, 0.4) is 0 Å². The van der Waals surface area contributed by atoms with Gasteiger partial charge in [0.25, 0.3) is 0 Å². The molecule has 0 saturated carbocycles. The van der Waals surface area contributed by atoms with Gasteiger partial charge in [-0.2, -0.15) is 0 Å². The molecule has 1 atom stereocenters. The third-order valence-corrected chi connectivity index (χ3v) is 3.32. The molecule has 0 bridgehead atoms. The number of halogens is 1. The zero-order valence-electron chi connectivity index (χ0n) is 10.8. The molecule has 1 aromatic carbocycles. The van der Waals surface area contributed by atoms with Crippen LogP contribution in [-0.4, -0.2) is 30.1 Å². The molecule has 3 N–H and O–H groups in total. The lowest BCUT2D eigenvalue weighted by Crippen LogP contribution is -2.38. The Morgan fingerprint density at radius 3 is 3.16 bits per heavy atom. The third-order valence-electron chi connectivity index (χ3n) is 3.32. The summed E-state index contributed by atoms with van der Waals surface area (Å²) in [5, 5.41) is 7.47. The predicted octanol–water partition coefficient (Wildman–Crippen LogP) is 1.79. The number of fused-ring (bicyclic) bond motifs is 1. The van der Waals surface area contributed by atoms with Gasteiger partial charge in [0.05, 0.1) is 6.54 Å². The molecule has 19 heavy (non-hydrogen) atoms. The van der Waals surface area contributed by atoms with Gasteiger partial charge in [0, 0.05) is 29.7 Å². The van der Waals surface area contributed by atoms with Crippen molar-refractivity contribution in [2.75, 3.05) is 13.1 Å². The average Bonchev–Trinajstić information content (AvgIpc) is 2.97. The molecule has 0 spiro atoms. The van der Waals surface area contributed by atoms with Crippen LogP contribution in [0.25, 0.3) is 10.9 Å². The molecule has 2 aromatic rings. The molecule has 0 radical (unpaired) electrons. The Labute approximate surface area is 111 Å². The number of aliphatic imine (C=N–C) groups is 1. The van der Waals surface area contributed by atoms with Gasteiger partial charge in [-0.25, -0.2) is 4.39 Å². The highest BCUT2D eigenvalue weighted by Gasteiger charge is 2.11. The first-order valence-electron chi connectivity index (χ1n) is 6.53. The standard InChI is InChI=1S/C14H17FN4/c1-9-7-18-14(19-9)16-5-4-10-8-17-13-3-2-11(15)6-12(10)13/h2-3,6,8-9,17H,4-5,7H2,1H3,(H2,16,18,19). The Morgan fingerprint density at radius 2 is 2.37 bits per heavy atom. The summed E-state index contributed by atoms with van der Waals surface area (Å²) in [5.74, 6) is 0.662. The minimum Gasteiger partial charge on any atom is -0.361 e. The van der Waals surface area contributed by atoms with Crippen LogP contribution in [0.1, 0.15) is 12.5 Å². The van der Waals surface area contributed by atoms with Crippen molar-refractivity contribution in [1.82, 2.24) is 15.6 Å². The van der Waals surface area contributed by atoms with E-state index < -0.39 is 0 Å². The predicted molar refractivity (Wildman–Crippen MR) is 74.9 cm³/mol. The first-order valence-corrected chi connectivity index (χ1v) is 6.53. The van der Waals surface area contributed by atoms with E-state index in [2.05, 4.69) is 27.5 Å². The van der Waals surface area contributed by atoms with Gasteiger partial charge in [-0.1, -0.05) is 0 Å². The van der Waals surface area contributed by atoms with Crippen LogP contribution in [0.2, 0.25) is 0 Å². The van der Waals surface area contributed by atoms with Gasteiger partial charge in [-0.3, -0.25) is 4.99 Å². The lowest BCUT2D eigenvalue weighted by molar-refractivity contribution is 0.629. The van der Waals surface area contributed by atoms with Gasteiger partial charge in [0.1, 0.15) is 5.82 Å². The van der Waals surface area contributed by atoms with Crippen molar-refractivity contribution < 1.29 is 4.39 Å². The number of benzene rings is 1. The lowest BCUT2D eigenvalue weighted by atomic mass is 10.1. The Balaban J connectivity index is 1.64. The molecule has 1 unspecified atom stereocenters. The topological polar surface area (TPSA) is 52.2 Å². The Bertz CT molecular complexity index is 617. The Kier molecular flexibility index (Phi) is 3.11. The normalized spacial score (nSPS) is 18.4. The molecule has 0 amide bonds. The van der Waals surface area contributed by atoms with Gasteiger partial charge >= 0.3 is 0 Å². The highest BCUT2D eigenvalue weighted by Crippen LogP contribution is 2.19. The monoisotopic (exact) mass is 260 g/mol. The van der Waals surface area contributed by atoms with Crippen molar-refractivity contribution in [1.29, 1.82) is 0 Å². The summed E-state index contributed by atoms with van der Waals surface area (Å²) in [6, 6.07) is 5.23. The molecular weight excluding hydrogens is 243 g/mol. The van der Waals surface area contributed by atoms with E-state index in [1.54, 1.807) is 12.1 Å². The quantitative estimate of drug-likeness (QED) is 0.788. The fraction of sp³-hybridized carbons (Fsp3) is 0.357. The summed E-state index contributed by atoms with van der Waals surface area (Å²) in [4.78, 5) is 7.50. The van der Waals surface area contributed by atoms with Crippen LogP contribution in [0.15, 0.2) is 29.4 Å². The van der Waals surface area contributed by atoms with E-state index in [0.717, 1.165) is 41.9 Å². The number of H-pyrrole nitrogens is 1. The zero-order chi connectivity index (χ0) is 13.2. The van der Waals surface area contributed by atoms with Gasteiger partial charge in [-0.15, -0.1) is 0 Å². The maximum Gasteiger partial charge on any atom is 0.191 e. The molecule has 1 aromatic heterocycles. The van der Waals surface area contributed by atoms with Gasteiger partial charge in [0.2, 0.25) is 0 Å². The smallest absolute Gasteiger partial charge is 0.191 e. The first-order chi connectivity index (χ1) is 9.22. The fourth-order valence-corrected chi connectivity index (χ4v) is 2.33. The van der Waals surface area contributed by atoms with Gasteiger partial charge in [-0.05, 0) is 37.1 Å². The molecule has 1 aliphatic rings. The van der Waals surface area contributed by atoms with E-state index in [9.17, 15) is 4.39 Å². The number of aromatic nitrogens is 1. The molecular formula is C14H17FN4. The van der Waals surface area contributed by atoms with Crippen LogP contribution in [-0.2, 0) is 6.42 Å². The summed E-state index contributed by atoms with van der Waals surface area (Å²) < 4.78 is 13.2. The van der Waals surface area contributed by atoms with Crippen molar-refractivity contribution >= 4 is 16.9 Å². The fourth-order valence-electron chi connectivity index (χ4n) is 2.33. The number of aromatic amines is 1. The second kappa shape index (κ2) is 4.91. The molecule has 1 aliphatic heterocycles. The number of guanidine groups is 1. The van der Waals surface area contributed by atoms with Crippen LogP contribution >= 0.6 is 0 Å². The number of rotatable bonds is 3. The van der Waals surface area contributed by atoms with Crippen molar-refractivity contribution in [2.24, 2.45) is 4.99 Å². The second-order valence-electron chi connectivity index (χ2n) is 4.92. The minimum atomic E-state index is -0.197. The average molecular weight is 260 g/mol. The second-order valence-corrected chi connectivity index (χ2v) is 4.92. The molecule has 2 heterocycles. The van der Waals surface area contributed by atoms with E-state index in [1.165, 1.54) is 6.07 Å². The summed E-state index contributed by atoms with van der Waals surface area (Å²) in [6.07, 6.45) is 2.77. The van der Waals surface area contributed by atoms with Crippen LogP contribution in [0.5, 0.6) is 0 Å². The zero-order valence-corrected chi connectivity index (χ0v) is 10.8. The summed E-state index contributed by atoms with van der Waals surface area (Å²) in [6.45, 7) is 3.70. The highest BCUT2D eigenvalue weighted by molar-refractivity contribution is 5.84. The van der Waals surface area contributed by atoms with Crippen LogP contribution in [0.4, 0.5) is 4.39 Å². The molecule has 0 aliphatic carbocycles. The number of hydrogen-bond donors (Lipinski definition) is 3. The van der Waals surface area contributed by atoms with E-state index in [0.29, 0.717) is 6.04 Å². The van der Waals surface area contributed by atoms with Crippen molar-refractivity contribution in [3.63, 3.8) is 0 Å². The number of nitrogens with one attached hydrogen (secondary N) is 3. The molecule has 0 saturated heterocycles. The maximum atomic E-state index is 13.2. The molecule has 0 fully saturated rings. The molecule has 3 rings (SSSR count). The van der Waals surface area contributed by atoms with Gasteiger partial charge < -0.3 is 15.6 Å². The summed E-state index contributed by atoms with van der Waals surface area (Å²) in [5.41, 5.74) is 2.09. The van der Waals surface area contributed by atoms with E-state index in [4.69, 9.17) is 0 Å². The third kappa shape index (κ3) is 2.54. The minimum absolute atomic E-state index is 0.197. The van der Waals surface area contributed by atoms with Gasteiger partial charge in [0.15, 0.2) is 5.96 Å². The Morgan fingerprint density at radius 1 is 1.47 bits per heavy atom. The van der Waals surface area contributed by atoms with Crippen molar-refractivity contribution in [3.8, 4) is 0 Å². The molecule has 100 valence electrons.